The third-order valence-electron chi connectivity index (χ3n) is 2.24. The Morgan fingerprint density at radius 1 is 1.46 bits per heavy atom. The van der Waals surface area contributed by atoms with Crippen LogP contribution >= 0.6 is 0 Å². The van der Waals surface area contributed by atoms with Crippen LogP contribution < -0.4 is 0 Å². The van der Waals surface area contributed by atoms with Crippen molar-refractivity contribution in [1.82, 2.24) is 0 Å². The minimum atomic E-state index is -0.269. The van der Waals surface area contributed by atoms with E-state index in [1.54, 1.807) is 21.1 Å². The number of esters is 1. The summed E-state index contributed by atoms with van der Waals surface area (Å²) in [6.07, 6.45) is 0.542. The topological polar surface area (TPSA) is 44.8 Å². The van der Waals surface area contributed by atoms with Gasteiger partial charge in [-0.25, -0.2) is 0 Å². The summed E-state index contributed by atoms with van der Waals surface area (Å²) in [6.45, 7) is 2.24. The first-order chi connectivity index (χ1) is 6.24. The van der Waals surface area contributed by atoms with Gasteiger partial charge in [-0.05, 0) is 13.3 Å². The smallest absolute Gasteiger partial charge is 0.309 e. The Kier molecular flexibility index (Phi) is 3.69. The van der Waals surface area contributed by atoms with E-state index in [0.29, 0.717) is 6.61 Å². The van der Waals surface area contributed by atoms with Crippen LogP contribution in [0.3, 0.4) is 0 Å². The molecule has 1 fully saturated rings. The van der Waals surface area contributed by atoms with Crippen LogP contribution in [0.15, 0.2) is 0 Å². The highest BCUT2D eigenvalue weighted by molar-refractivity contribution is 5.75. The van der Waals surface area contributed by atoms with Crippen molar-refractivity contribution in [2.45, 2.75) is 19.6 Å². The zero-order valence-electron chi connectivity index (χ0n) is 8.28. The first-order valence-electron chi connectivity index (χ1n) is 4.46. The van der Waals surface area contributed by atoms with Gasteiger partial charge in [0, 0.05) is 20.1 Å². The van der Waals surface area contributed by atoms with E-state index < -0.39 is 0 Å². The molecular weight excluding hydrogens is 172 g/mol. The molecule has 1 saturated carbocycles. The van der Waals surface area contributed by atoms with Gasteiger partial charge in [0.25, 0.3) is 0 Å². The van der Waals surface area contributed by atoms with Crippen molar-refractivity contribution in [3.8, 4) is 0 Å². The molecule has 0 N–H and O–H groups in total. The molecule has 1 rings (SSSR count). The van der Waals surface area contributed by atoms with Gasteiger partial charge in [-0.2, -0.15) is 0 Å². The van der Waals surface area contributed by atoms with E-state index in [1.807, 2.05) is 0 Å². The predicted octanol–water partition coefficient (Wildman–Crippen LogP) is 0.804. The Morgan fingerprint density at radius 2 is 2.08 bits per heavy atom. The van der Waals surface area contributed by atoms with Crippen molar-refractivity contribution >= 4 is 5.97 Å². The van der Waals surface area contributed by atoms with Crippen LogP contribution in [-0.2, 0) is 19.0 Å². The highest BCUT2D eigenvalue weighted by Crippen LogP contribution is 2.43. The Labute approximate surface area is 78.2 Å². The zero-order valence-corrected chi connectivity index (χ0v) is 8.28. The van der Waals surface area contributed by atoms with Crippen LogP contribution in [0.5, 0.6) is 0 Å². The van der Waals surface area contributed by atoms with Crippen molar-refractivity contribution in [2.24, 2.45) is 11.8 Å². The first-order valence-corrected chi connectivity index (χ1v) is 4.46. The molecule has 0 spiro atoms. The Hall–Kier alpha value is -0.610. The number of hydrogen-bond donors (Lipinski definition) is 0. The SMILES string of the molecule is CCOC(=O)[C@H]1C[C@H]1C(OC)OC. The molecule has 0 radical (unpaired) electrons. The summed E-state index contributed by atoms with van der Waals surface area (Å²) in [4.78, 5) is 11.2. The van der Waals surface area contributed by atoms with E-state index in [4.69, 9.17) is 14.2 Å². The minimum absolute atomic E-state index is 0.0233. The second kappa shape index (κ2) is 4.58. The second-order valence-corrected chi connectivity index (χ2v) is 3.10. The number of hydrogen-bond acceptors (Lipinski definition) is 4. The van der Waals surface area contributed by atoms with Crippen molar-refractivity contribution in [3.63, 3.8) is 0 Å². The lowest BCUT2D eigenvalue weighted by atomic mass is 10.3. The van der Waals surface area contributed by atoms with E-state index >= 15 is 0 Å². The van der Waals surface area contributed by atoms with Gasteiger partial charge in [0.1, 0.15) is 0 Å². The summed E-state index contributed by atoms with van der Waals surface area (Å²) in [6, 6.07) is 0. The predicted molar refractivity (Wildman–Crippen MR) is 46.0 cm³/mol. The molecular formula is C9H16O4. The number of methoxy groups -OCH3 is 2. The third-order valence-corrected chi connectivity index (χ3v) is 2.24. The standard InChI is InChI=1S/C9H16O4/c1-4-13-8(10)6-5-7(6)9(11-2)12-3/h6-7,9H,4-5H2,1-3H3/t6-,7+/m0/s1. The van der Waals surface area contributed by atoms with E-state index in [0.717, 1.165) is 6.42 Å². The molecule has 1 aliphatic rings. The highest BCUT2D eigenvalue weighted by Gasteiger charge is 2.49. The number of carbonyl (C=O) groups is 1. The Morgan fingerprint density at radius 3 is 2.54 bits per heavy atom. The van der Waals surface area contributed by atoms with E-state index in [2.05, 4.69) is 0 Å². The van der Waals surface area contributed by atoms with Crippen molar-refractivity contribution in [2.75, 3.05) is 20.8 Å². The molecule has 0 saturated heterocycles. The largest absolute Gasteiger partial charge is 0.466 e. The maximum Gasteiger partial charge on any atom is 0.309 e. The third kappa shape index (κ3) is 2.42. The van der Waals surface area contributed by atoms with Gasteiger partial charge in [0.2, 0.25) is 0 Å². The van der Waals surface area contributed by atoms with Crippen molar-refractivity contribution < 1.29 is 19.0 Å². The molecule has 0 aromatic rings. The minimum Gasteiger partial charge on any atom is -0.466 e. The molecule has 1 aliphatic carbocycles. The molecule has 4 heteroatoms. The van der Waals surface area contributed by atoms with Crippen LogP contribution in [0.1, 0.15) is 13.3 Å². The van der Waals surface area contributed by atoms with Crippen molar-refractivity contribution in [3.05, 3.63) is 0 Å². The number of carbonyl (C=O) groups excluding carboxylic acids is 1. The number of rotatable bonds is 5. The molecule has 0 aromatic carbocycles. The zero-order chi connectivity index (χ0) is 9.84. The van der Waals surface area contributed by atoms with Crippen LogP contribution in [0.2, 0.25) is 0 Å². The molecule has 13 heavy (non-hydrogen) atoms. The van der Waals surface area contributed by atoms with Crippen LogP contribution in [-0.4, -0.2) is 33.1 Å². The second-order valence-electron chi connectivity index (χ2n) is 3.10. The van der Waals surface area contributed by atoms with Gasteiger partial charge >= 0.3 is 5.97 Å². The van der Waals surface area contributed by atoms with Crippen LogP contribution in [0, 0.1) is 11.8 Å². The molecule has 0 aromatic heterocycles. The molecule has 0 bridgehead atoms. The van der Waals surface area contributed by atoms with Gasteiger partial charge < -0.3 is 14.2 Å². The summed E-state index contributed by atoms with van der Waals surface area (Å²) in [5, 5.41) is 0. The average Bonchev–Trinajstić information content (AvgIpc) is 2.87. The maximum atomic E-state index is 11.2. The fraction of sp³-hybridized carbons (Fsp3) is 0.889. The molecule has 0 aliphatic heterocycles. The summed E-state index contributed by atoms with van der Waals surface area (Å²) < 4.78 is 15.0. The van der Waals surface area contributed by atoms with Crippen LogP contribution in [0.25, 0.3) is 0 Å². The molecule has 0 heterocycles. The van der Waals surface area contributed by atoms with Gasteiger partial charge in [-0.3, -0.25) is 4.79 Å². The number of ether oxygens (including phenoxy) is 3. The molecule has 0 amide bonds. The van der Waals surface area contributed by atoms with Crippen LogP contribution in [0.4, 0.5) is 0 Å². The summed E-state index contributed by atoms with van der Waals surface area (Å²) in [5.41, 5.74) is 0. The highest BCUT2D eigenvalue weighted by atomic mass is 16.7. The fourth-order valence-corrected chi connectivity index (χ4v) is 1.48. The molecule has 76 valence electrons. The Bertz CT molecular complexity index is 176. The van der Waals surface area contributed by atoms with E-state index in [1.165, 1.54) is 0 Å². The molecule has 2 atom stereocenters. The average molecular weight is 188 g/mol. The summed E-state index contributed by atoms with van der Waals surface area (Å²) in [7, 11) is 3.16. The fourth-order valence-electron chi connectivity index (χ4n) is 1.48. The van der Waals surface area contributed by atoms with Gasteiger partial charge in [-0.15, -0.1) is 0 Å². The summed E-state index contributed by atoms with van der Waals surface area (Å²) in [5.74, 6) is 0.0190. The lowest BCUT2D eigenvalue weighted by Gasteiger charge is -2.12. The lowest BCUT2D eigenvalue weighted by molar-refractivity contribution is -0.150. The first kappa shape index (κ1) is 10.5. The summed E-state index contributed by atoms with van der Waals surface area (Å²) >= 11 is 0. The Balaban J connectivity index is 2.32. The van der Waals surface area contributed by atoms with E-state index in [-0.39, 0.29) is 24.1 Å². The van der Waals surface area contributed by atoms with E-state index in [9.17, 15) is 4.79 Å². The lowest BCUT2D eigenvalue weighted by Crippen LogP contribution is -2.19. The van der Waals surface area contributed by atoms with Gasteiger partial charge in [0.15, 0.2) is 6.29 Å². The quantitative estimate of drug-likeness (QED) is 0.473. The van der Waals surface area contributed by atoms with Crippen molar-refractivity contribution in [1.29, 1.82) is 0 Å². The van der Waals surface area contributed by atoms with Gasteiger partial charge in [-0.1, -0.05) is 0 Å². The maximum absolute atomic E-state index is 11.2. The monoisotopic (exact) mass is 188 g/mol. The normalized spacial score (nSPS) is 26.2. The van der Waals surface area contributed by atoms with Gasteiger partial charge in [0.05, 0.1) is 12.5 Å². The molecule has 4 nitrogen and oxygen atoms in total. The molecule has 0 unspecified atom stereocenters.